The first-order chi connectivity index (χ1) is 16.7. The Labute approximate surface area is 208 Å². The third-order valence-corrected chi connectivity index (χ3v) is 6.70. The maximum atomic E-state index is 13.4. The van der Waals surface area contributed by atoms with Gasteiger partial charge in [-0.05, 0) is 91.4 Å². The van der Waals surface area contributed by atoms with E-state index >= 15 is 0 Å². The number of benzene rings is 3. The summed E-state index contributed by atoms with van der Waals surface area (Å²) < 4.78 is 5.67. The lowest BCUT2D eigenvalue weighted by atomic mass is 9.93. The molecule has 2 aliphatic heterocycles. The number of Topliss-reactive ketones (excluding diaryl/α,β-unsaturated/α-hetero) is 1. The number of phenols is 1. The fourth-order valence-electron chi connectivity index (χ4n) is 4.86. The van der Waals surface area contributed by atoms with Gasteiger partial charge in [-0.1, -0.05) is 23.7 Å². The summed E-state index contributed by atoms with van der Waals surface area (Å²) in [6.07, 6.45) is 1.66. The van der Waals surface area contributed by atoms with Crippen molar-refractivity contribution in [1.29, 1.82) is 0 Å². The molecule has 1 amide bonds. The number of hydrogen-bond donors (Lipinski definition) is 2. The van der Waals surface area contributed by atoms with Gasteiger partial charge in [0.1, 0.15) is 17.3 Å². The number of phenolic OH excluding ortho intramolecular Hbond substituents is 1. The Morgan fingerprint density at radius 1 is 1.03 bits per heavy atom. The van der Waals surface area contributed by atoms with E-state index < -0.39 is 17.7 Å². The number of nitrogens with zero attached hydrogens (tertiary/aromatic N) is 1. The Morgan fingerprint density at radius 2 is 1.77 bits per heavy atom. The Bertz CT molecular complexity index is 1390. The van der Waals surface area contributed by atoms with E-state index in [1.165, 1.54) is 17.0 Å². The van der Waals surface area contributed by atoms with E-state index in [9.17, 15) is 19.8 Å². The molecule has 2 heterocycles. The molecule has 7 heteroatoms. The summed E-state index contributed by atoms with van der Waals surface area (Å²) in [4.78, 5) is 28.1. The van der Waals surface area contributed by atoms with Crippen molar-refractivity contribution in [3.8, 4) is 11.5 Å². The van der Waals surface area contributed by atoms with Crippen LogP contribution in [0.4, 0.5) is 5.69 Å². The van der Waals surface area contributed by atoms with E-state index in [1.54, 1.807) is 24.3 Å². The molecule has 2 aliphatic rings. The number of aromatic hydroxyl groups is 1. The summed E-state index contributed by atoms with van der Waals surface area (Å²) in [5, 5.41) is 21.4. The second kappa shape index (κ2) is 8.78. The molecule has 0 radical (unpaired) electrons. The standard InChI is InChI=1S/C28H24ClNO5/c1-15-10-16(2)12-20(11-15)30-25(18-5-7-22(31)21(29)14-18)24(27(33)28(30)34)26(32)19-6-8-23-17(13-19)4-3-9-35-23/h5-8,10-14,25,31-32H,3-4,9H2,1-2H3/b26-24-. The highest BCUT2D eigenvalue weighted by Crippen LogP contribution is 2.44. The average molecular weight is 490 g/mol. The monoisotopic (exact) mass is 489 g/mol. The number of ether oxygens (including phenoxy) is 1. The van der Waals surface area contributed by atoms with E-state index in [1.807, 2.05) is 32.0 Å². The van der Waals surface area contributed by atoms with E-state index in [2.05, 4.69) is 0 Å². The smallest absolute Gasteiger partial charge is 0.300 e. The number of aliphatic hydroxyl groups excluding tert-OH is 1. The van der Waals surface area contributed by atoms with Crippen LogP contribution in [0.5, 0.6) is 11.5 Å². The van der Waals surface area contributed by atoms with Crippen molar-refractivity contribution in [2.45, 2.75) is 32.7 Å². The molecule has 1 unspecified atom stereocenters. The normalized spacial score (nSPS) is 18.9. The zero-order valence-corrected chi connectivity index (χ0v) is 20.1. The number of aliphatic hydroxyl groups is 1. The lowest BCUT2D eigenvalue weighted by Gasteiger charge is -2.26. The number of carbonyl (C=O) groups is 2. The predicted molar refractivity (Wildman–Crippen MR) is 134 cm³/mol. The lowest BCUT2D eigenvalue weighted by Crippen LogP contribution is -2.29. The van der Waals surface area contributed by atoms with Gasteiger partial charge in [0.2, 0.25) is 0 Å². The molecular formula is C28H24ClNO5. The highest BCUT2D eigenvalue weighted by atomic mass is 35.5. The Kier molecular flexibility index (Phi) is 5.77. The van der Waals surface area contributed by atoms with Gasteiger partial charge in [0.05, 0.1) is 23.2 Å². The Balaban J connectivity index is 1.72. The van der Waals surface area contributed by atoms with Gasteiger partial charge in [0.15, 0.2) is 0 Å². The Morgan fingerprint density at radius 3 is 2.49 bits per heavy atom. The number of carbonyl (C=O) groups excluding carboxylic acids is 2. The topological polar surface area (TPSA) is 87.1 Å². The summed E-state index contributed by atoms with van der Waals surface area (Å²) in [7, 11) is 0. The molecule has 0 aliphatic carbocycles. The van der Waals surface area contributed by atoms with Crippen LogP contribution in [0.15, 0.2) is 60.2 Å². The molecule has 3 aromatic rings. The fourth-order valence-corrected chi connectivity index (χ4v) is 5.05. The minimum atomic E-state index is -0.929. The molecule has 3 aromatic carbocycles. The van der Waals surface area contributed by atoms with Gasteiger partial charge in [-0.25, -0.2) is 0 Å². The summed E-state index contributed by atoms with van der Waals surface area (Å²) in [6.45, 7) is 4.46. The summed E-state index contributed by atoms with van der Waals surface area (Å²) in [5.74, 6) is -1.16. The van der Waals surface area contributed by atoms with Crippen molar-refractivity contribution in [3.05, 3.63) is 93.0 Å². The van der Waals surface area contributed by atoms with Gasteiger partial charge in [-0.15, -0.1) is 0 Å². The van der Waals surface area contributed by atoms with Gasteiger partial charge < -0.3 is 14.9 Å². The van der Waals surface area contributed by atoms with Crippen molar-refractivity contribution >= 4 is 34.7 Å². The third-order valence-electron chi connectivity index (χ3n) is 6.40. The Hall–Kier alpha value is -3.77. The summed E-state index contributed by atoms with van der Waals surface area (Å²) in [5.41, 5.74) is 4.23. The van der Waals surface area contributed by atoms with Crippen LogP contribution in [-0.2, 0) is 16.0 Å². The predicted octanol–water partition coefficient (Wildman–Crippen LogP) is 5.61. The van der Waals surface area contributed by atoms with Crippen LogP contribution in [-0.4, -0.2) is 28.5 Å². The second-order valence-corrected chi connectivity index (χ2v) is 9.41. The summed E-state index contributed by atoms with van der Waals surface area (Å²) >= 11 is 6.20. The van der Waals surface area contributed by atoms with Crippen LogP contribution in [0, 0.1) is 13.8 Å². The van der Waals surface area contributed by atoms with Gasteiger partial charge in [-0.2, -0.15) is 0 Å². The van der Waals surface area contributed by atoms with Crippen LogP contribution < -0.4 is 9.64 Å². The zero-order chi connectivity index (χ0) is 24.9. The maximum absolute atomic E-state index is 13.4. The summed E-state index contributed by atoms with van der Waals surface area (Å²) in [6, 6.07) is 14.5. The first kappa shape index (κ1) is 23.0. The number of rotatable bonds is 3. The number of aryl methyl sites for hydroxylation is 3. The zero-order valence-electron chi connectivity index (χ0n) is 19.3. The number of hydrogen-bond acceptors (Lipinski definition) is 5. The van der Waals surface area contributed by atoms with Crippen molar-refractivity contribution in [2.24, 2.45) is 0 Å². The molecule has 2 N–H and O–H groups in total. The molecule has 5 rings (SSSR count). The van der Waals surface area contributed by atoms with E-state index in [-0.39, 0.29) is 22.1 Å². The molecule has 1 saturated heterocycles. The van der Waals surface area contributed by atoms with Crippen LogP contribution in [0.1, 0.15) is 40.3 Å². The quantitative estimate of drug-likeness (QED) is 0.283. The van der Waals surface area contributed by atoms with Crippen LogP contribution in [0.25, 0.3) is 5.76 Å². The van der Waals surface area contributed by atoms with Gasteiger partial charge in [0.25, 0.3) is 11.7 Å². The molecule has 6 nitrogen and oxygen atoms in total. The minimum Gasteiger partial charge on any atom is -0.507 e. The minimum absolute atomic E-state index is 0.0346. The number of anilines is 1. The first-order valence-corrected chi connectivity index (χ1v) is 11.8. The van der Waals surface area contributed by atoms with Gasteiger partial charge >= 0.3 is 0 Å². The molecule has 35 heavy (non-hydrogen) atoms. The molecule has 1 fully saturated rings. The highest BCUT2D eigenvalue weighted by molar-refractivity contribution is 6.51. The van der Waals surface area contributed by atoms with E-state index in [4.69, 9.17) is 16.3 Å². The SMILES string of the molecule is Cc1cc(C)cc(N2C(=O)C(=O)/C(=C(\O)c3ccc4c(c3)CCCO4)C2c2ccc(O)c(Cl)c2)c1. The van der Waals surface area contributed by atoms with Gasteiger partial charge in [-0.3, -0.25) is 14.5 Å². The van der Waals surface area contributed by atoms with Crippen molar-refractivity contribution in [3.63, 3.8) is 0 Å². The van der Waals surface area contributed by atoms with Crippen LogP contribution >= 0.6 is 11.6 Å². The molecule has 0 spiro atoms. The fraction of sp³-hybridized carbons (Fsp3) is 0.214. The third kappa shape index (κ3) is 4.04. The van der Waals surface area contributed by atoms with E-state index in [0.717, 1.165) is 35.3 Å². The maximum Gasteiger partial charge on any atom is 0.300 e. The largest absolute Gasteiger partial charge is 0.507 e. The lowest BCUT2D eigenvalue weighted by molar-refractivity contribution is -0.132. The average Bonchev–Trinajstić information content (AvgIpc) is 3.10. The molecule has 178 valence electrons. The number of amides is 1. The van der Waals surface area contributed by atoms with Crippen LogP contribution in [0.3, 0.4) is 0 Å². The molecule has 0 saturated carbocycles. The molecule has 0 bridgehead atoms. The van der Waals surface area contributed by atoms with Crippen LogP contribution in [0.2, 0.25) is 5.02 Å². The highest BCUT2D eigenvalue weighted by Gasteiger charge is 2.47. The molecule has 0 aromatic heterocycles. The number of halogens is 1. The van der Waals surface area contributed by atoms with Crippen molar-refractivity contribution in [1.82, 2.24) is 0 Å². The van der Waals surface area contributed by atoms with Crippen molar-refractivity contribution in [2.75, 3.05) is 11.5 Å². The van der Waals surface area contributed by atoms with E-state index in [0.29, 0.717) is 23.4 Å². The van der Waals surface area contributed by atoms with Crippen molar-refractivity contribution < 1.29 is 24.5 Å². The number of ketones is 1. The molecule has 1 atom stereocenters. The molecular weight excluding hydrogens is 466 g/mol. The second-order valence-electron chi connectivity index (χ2n) is 9.00. The number of fused-ring (bicyclic) bond motifs is 1. The first-order valence-electron chi connectivity index (χ1n) is 11.4. The van der Waals surface area contributed by atoms with Gasteiger partial charge in [0, 0.05) is 11.3 Å².